The molecule has 1 nitrogen and oxygen atoms in total. The van der Waals surface area contributed by atoms with E-state index in [1.54, 1.807) is 0 Å². The second-order valence-corrected chi connectivity index (χ2v) is 0.204. The van der Waals surface area contributed by atoms with Gasteiger partial charge in [0, 0.05) is 24.0 Å². The molecule has 0 heterocycles. The number of hydrogen-bond acceptors (Lipinski definition) is 1. The Hall–Kier alpha value is 0.722. The van der Waals surface area contributed by atoms with E-state index >= 15 is 0 Å². The van der Waals surface area contributed by atoms with Crippen LogP contribution in [0.1, 0.15) is 6.92 Å². The van der Waals surface area contributed by atoms with Gasteiger partial charge in [-0.2, -0.15) is 0 Å². The van der Waals surface area contributed by atoms with Crippen LogP contribution in [0.4, 0.5) is 0 Å². The normalized spacial score (nSPS) is 2.60. The first-order chi connectivity index (χ1) is 1.41. The molecular formula is C2H6AlCuO. The Morgan fingerprint density at radius 2 is 1.60 bits per heavy atom. The zero-order valence-corrected chi connectivity index (χ0v) is 3.15. The maximum Gasteiger partial charge on any atom is 0.195 e. The molecule has 5 heavy (non-hydrogen) atoms. The van der Waals surface area contributed by atoms with Crippen molar-refractivity contribution in [2.45, 2.75) is 6.92 Å². The summed E-state index contributed by atoms with van der Waals surface area (Å²) in [5.41, 5.74) is 0. The van der Waals surface area contributed by atoms with Gasteiger partial charge in [-0.15, -0.1) is 0 Å². The fourth-order valence-electron chi connectivity index (χ4n) is 0. The minimum atomic E-state index is 0. The topological polar surface area (TPSA) is 17.1 Å². The van der Waals surface area contributed by atoms with Gasteiger partial charge in [-0.3, -0.25) is 4.79 Å². The van der Waals surface area contributed by atoms with Crippen molar-refractivity contribution in [2.75, 3.05) is 0 Å². The summed E-state index contributed by atoms with van der Waals surface area (Å²) in [6.45, 7) is 1.32. The predicted octanol–water partition coefficient (Wildman–Crippen LogP) is -1.07. The maximum absolute atomic E-state index is 8.68. The Kier molecular flexibility index (Phi) is 76.0. The molecule has 0 unspecified atom stereocenters. The fourth-order valence-corrected chi connectivity index (χ4v) is 0. The van der Waals surface area contributed by atoms with Crippen LogP contribution in [0.5, 0.6) is 0 Å². The summed E-state index contributed by atoms with van der Waals surface area (Å²) in [6.07, 6.45) is 1.50. The van der Waals surface area contributed by atoms with Crippen molar-refractivity contribution in [3.8, 4) is 0 Å². The molecule has 34 valence electrons. The minimum Gasteiger partial charge on any atom is -0.291 e. The fraction of sp³-hybridized carbons (Fsp3) is 0.500. The molecule has 0 spiro atoms. The summed E-state index contributed by atoms with van der Waals surface area (Å²) >= 11 is 0. The summed E-state index contributed by atoms with van der Waals surface area (Å²) in [6, 6.07) is 0. The molecule has 0 aromatic heterocycles. The van der Waals surface area contributed by atoms with Gasteiger partial charge in [0.2, 0.25) is 0 Å². The number of rotatable bonds is 0. The standard InChI is InChI=1S/C2H3O.Al.Cu.3H/c1-2-3;;;;;/h1H3;;;;;. The van der Waals surface area contributed by atoms with Gasteiger partial charge in [0.15, 0.2) is 23.6 Å². The minimum absolute atomic E-state index is 0. The summed E-state index contributed by atoms with van der Waals surface area (Å²) in [5, 5.41) is 0. The molecule has 0 aromatic rings. The third kappa shape index (κ3) is 67.1. The zero-order valence-electron chi connectivity index (χ0n) is 2.21. The van der Waals surface area contributed by atoms with E-state index in [1.165, 1.54) is 13.2 Å². The van der Waals surface area contributed by atoms with Gasteiger partial charge in [0.25, 0.3) is 0 Å². The molecule has 0 aromatic carbocycles. The molecule has 0 aliphatic rings. The molecule has 0 saturated carbocycles. The van der Waals surface area contributed by atoms with Crippen molar-refractivity contribution in [1.82, 2.24) is 0 Å². The van der Waals surface area contributed by atoms with E-state index in [2.05, 4.69) is 0 Å². The van der Waals surface area contributed by atoms with Crippen molar-refractivity contribution >= 4 is 23.6 Å². The van der Waals surface area contributed by atoms with E-state index in [1.807, 2.05) is 0 Å². The van der Waals surface area contributed by atoms with Crippen molar-refractivity contribution in [3.05, 3.63) is 0 Å². The maximum atomic E-state index is 8.68. The molecule has 0 atom stereocenters. The average molecular weight is 137 g/mol. The van der Waals surface area contributed by atoms with Crippen molar-refractivity contribution < 1.29 is 21.9 Å². The summed E-state index contributed by atoms with van der Waals surface area (Å²) < 4.78 is 0. The second kappa shape index (κ2) is 22.1. The molecule has 0 N–H and O–H groups in total. The summed E-state index contributed by atoms with van der Waals surface area (Å²) in [7, 11) is 0. The largest absolute Gasteiger partial charge is 0.291 e. The third-order valence-corrected chi connectivity index (χ3v) is 0. The number of carbonyl (C=O) groups excluding carboxylic acids is 1. The van der Waals surface area contributed by atoms with Crippen molar-refractivity contribution in [2.24, 2.45) is 0 Å². The SMILES string of the molecule is C[C]=O.[AlH3].[Cu]. The zero-order chi connectivity index (χ0) is 2.71. The molecule has 0 bridgehead atoms. The van der Waals surface area contributed by atoms with E-state index in [9.17, 15) is 0 Å². The van der Waals surface area contributed by atoms with E-state index in [0.29, 0.717) is 0 Å². The Bertz CT molecular complexity index is 17.1. The Balaban J connectivity index is -0.0000000200. The van der Waals surface area contributed by atoms with Crippen LogP contribution in [0.15, 0.2) is 0 Å². The van der Waals surface area contributed by atoms with E-state index in [0.717, 1.165) is 0 Å². The van der Waals surface area contributed by atoms with Gasteiger partial charge >= 0.3 is 0 Å². The van der Waals surface area contributed by atoms with Gasteiger partial charge in [0.05, 0.1) is 0 Å². The molecule has 0 aliphatic carbocycles. The Labute approximate surface area is 52.7 Å². The molecule has 3 heteroatoms. The van der Waals surface area contributed by atoms with E-state index < -0.39 is 0 Å². The Morgan fingerprint density at radius 3 is 1.60 bits per heavy atom. The van der Waals surface area contributed by atoms with E-state index in [-0.39, 0.29) is 34.4 Å². The van der Waals surface area contributed by atoms with Crippen LogP contribution < -0.4 is 0 Å². The summed E-state index contributed by atoms with van der Waals surface area (Å²) in [5.74, 6) is 0. The van der Waals surface area contributed by atoms with Crippen LogP contribution >= 0.6 is 0 Å². The first-order valence-corrected chi connectivity index (χ1v) is 0.704. The van der Waals surface area contributed by atoms with Crippen LogP contribution in [0.2, 0.25) is 0 Å². The monoisotopic (exact) mass is 136 g/mol. The molecule has 0 rings (SSSR count). The molecule has 0 fully saturated rings. The van der Waals surface area contributed by atoms with Gasteiger partial charge in [0.1, 0.15) is 0 Å². The number of hydrogen-bond donors (Lipinski definition) is 0. The third-order valence-electron chi connectivity index (χ3n) is 0. The molecule has 0 amide bonds. The van der Waals surface area contributed by atoms with E-state index in [4.69, 9.17) is 4.79 Å². The summed E-state index contributed by atoms with van der Waals surface area (Å²) in [4.78, 5) is 8.68. The first-order valence-electron chi connectivity index (χ1n) is 0.704. The molecule has 2 radical (unpaired) electrons. The van der Waals surface area contributed by atoms with Gasteiger partial charge in [-0.25, -0.2) is 0 Å². The van der Waals surface area contributed by atoms with Gasteiger partial charge in [-0.05, 0) is 0 Å². The molecular weight excluding hydrogens is 131 g/mol. The van der Waals surface area contributed by atoms with Crippen LogP contribution in [0.25, 0.3) is 0 Å². The quantitative estimate of drug-likeness (QED) is 0.388. The van der Waals surface area contributed by atoms with Crippen molar-refractivity contribution in [3.63, 3.8) is 0 Å². The van der Waals surface area contributed by atoms with Crippen molar-refractivity contribution in [1.29, 1.82) is 0 Å². The predicted molar refractivity (Wildman–Crippen MR) is 21.3 cm³/mol. The smallest absolute Gasteiger partial charge is 0.195 e. The van der Waals surface area contributed by atoms with Gasteiger partial charge in [-0.1, -0.05) is 0 Å². The van der Waals surface area contributed by atoms with Crippen LogP contribution in [0, 0.1) is 0 Å². The van der Waals surface area contributed by atoms with Gasteiger partial charge < -0.3 is 0 Å². The first kappa shape index (κ1) is 17.2. The molecule has 0 saturated heterocycles. The van der Waals surface area contributed by atoms with Crippen LogP contribution in [0.3, 0.4) is 0 Å². The molecule has 0 aliphatic heterocycles. The van der Waals surface area contributed by atoms with Crippen LogP contribution in [-0.2, 0) is 21.9 Å². The van der Waals surface area contributed by atoms with Crippen LogP contribution in [-0.4, -0.2) is 23.6 Å². The second-order valence-electron chi connectivity index (χ2n) is 0.204. The average Bonchev–Trinajstić information content (AvgIpc) is 0.918. The Morgan fingerprint density at radius 1 is 1.60 bits per heavy atom.